The van der Waals surface area contributed by atoms with Crippen LogP contribution in [0.1, 0.15) is 0 Å². The van der Waals surface area contributed by atoms with Gasteiger partial charge in [0.2, 0.25) is 5.82 Å². The molecular formula is C6H4BrFN2O2. The molecule has 0 saturated carbocycles. The molecule has 0 bridgehead atoms. The van der Waals surface area contributed by atoms with Gasteiger partial charge in [0.25, 0.3) is 0 Å². The van der Waals surface area contributed by atoms with Gasteiger partial charge in [0.1, 0.15) is 0 Å². The molecule has 0 radical (unpaired) electrons. The maximum Gasteiger partial charge on any atom is 0.308 e. The summed E-state index contributed by atoms with van der Waals surface area (Å²) in [5, 5.41) is 10.2. The lowest BCUT2D eigenvalue weighted by Gasteiger charge is -1.98. The first-order chi connectivity index (χ1) is 5.52. The molecule has 6 heteroatoms. The molecule has 0 spiro atoms. The molecule has 1 aromatic carbocycles. The Balaban J connectivity index is 3.37. The van der Waals surface area contributed by atoms with Crippen LogP contribution < -0.4 is 5.73 Å². The maximum absolute atomic E-state index is 12.8. The summed E-state index contributed by atoms with van der Waals surface area (Å²) in [4.78, 5) is 9.39. The topological polar surface area (TPSA) is 69.2 Å². The second kappa shape index (κ2) is 3.06. The average Bonchev–Trinajstić information content (AvgIpc) is 1.96. The first-order valence-electron chi connectivity index (χ1n) is 2.91. The Kier molecular flexibility index (Phi) is 2.27. The lowest BCUT2D eigenvalue weighted by atomic mass is 10.3. The number of nitrogens with zero attached hydrogens (tertiary/aromatic N) is 1. The molecular weight excluding hydrogens is 231 g/mol. The van der Waals surface area contributed by atoms with E-state index in [4.69, 9.17) is 5.73 Å². The summed E-state index contributed by atoms with van der Waals surface area (Å²) in [5.74, 6) is -0.997. The number of hydrogen-bond donors (Lipinski definition) is 1. The van der Waals surface area contributed by atoms with Crippen LogP contribution in [-0.2, 0) is 0 Å². The Morgan fingerprint density at radius 1 is 1.58 bits per heavy atom. The fraction of sp³-hybridized carbons (Fsp3) is 0. The van der Waals surface area contributed by atoms with Crippen molar-refractivity contribution in [3.63, 3.8) is 0 Å². The second-order valence-corrected chi connectivity index (χ2v) is 3.00. The molecule has 12 heavy (non-hydrogen) atoms. The molecule has 0 unspecified atom stereocenters. The highest BCUT2D eigenvalue weighted by molar-refractivity contribution is 9.10. The second-order valence-electron chi connectivity index (χ2n) is 2.09. The van der Waals surface area contributed by atoms with Crippen molar-refractivity contribution < 1.29 is 9.31 Å². The van der Waals surface area contributed by atoms with Crippen molar-refractivity contribution in [2.24, 2.45) is 0 Å². The molecule has 4 nitrogen and oxygen atoms in total. The van der Waals surface area contributed by atoms with Gasteiger partial charge in [-0.25, -0.2) is 0 Å². The largest absolute Gasteiger partial charge is 0.396 e. The fourth-order valence-electron chi connectivity index (χ4n) is 0.728. The molecule has 2 N–H and O–H groups in total. The maximum atomic E-state index is 12.8. The van der Waals surface area contributed by atoms with Crippen molar-refractivity contribution in [2.75, 3.05) is 5.73 Å². The van der Waals surface area contributed by atoms with Crippen LogP contribution in [0.5, 0.6) is 0 Å². The van der Waals surface area contributed by atoms with Crippen molar-refractivity contribution in [2.45, 2.75) is 0 Å². The van der Waals surface area contributed by atoms with Crippen molar-refractivity contribution in [3.8, 4) is 0 Å². The molecule has 0 aliphatic rings. The Hall–Kier alpha value is -1.17. The lowest BCUT2D eigenvalue weighted by Crippen LogP contribution is -1.97. The molecule has 64 valence electrons. The number of anilines is 1. The van der Waals surface area contributed by atoms with Crippen LogP contribution in [0.2, 0.25) is 0 Å². The first-order valence-corrected chi connectivity index (χ1v) is 3.70. The van der Waals surface area contributed by atoms with E-state index in [0.29, 0.717) is 4.47 Å². The fourth-order valence-corrected chi connectivity index (χ4v) is 1.19. The van der Waals surface area contributed by atoms with Gasteiger partial charge in [-0.1, -0.05) is 15.9 Å². The minimum atomic E-state index is -0.997. The molecule has 0 aliphatic heterocycles. The molecule has 1 rings (SSSR count). The smallest absolute Gasteiger partial charge is 0.308 e. The summed E-state index contributed by atoms with van der Waals surface area (Å²) in [5.41, 5.74) is 4.29. The summed E-state index contributed by atoms with van der Waals surface area (Å²) in [6, 6.07) is 2.33. The molecule has 0 aromatic heterocycles. The zero-order valence-electron chi connectivity index (χ0n) is 5.75. The minimum absolute atomic E-state index is 0.240. The molecule has 0 saturated heterocycles. The van der Waals surface area contributed by atoms with Crippen molar-refractivity contribution in [1.82, 2.24) is 0 Å². The minimum Gasteiger partial charge on any atom is -0.396 e. The van der Waals surface area contributed by atoms with Gasteiger partial charge in [-0.3, -0.25) is 10.1 Å². The van der Waals surface area contributed by atoms with Crippen LogP contribution in [-0.4, -0.2) is 4.92 Å². The predicted octanol–water partition coefficient (Wildman–Crippen LogP) is 2.08. The Morgan fingerprint density at radius 3 is 2.67 bits per heavy atom. The highest BCUT2D eigenvalue weighted by Crippen LogP contribution is 2.27. The SMILES string of the molecule is Nc1cc(Br)cc([N+](=O)[O-])c1F. The average molecular weight is 235 g/mol. The quantitative estimate of drug-likeness (QED) is 0.460. The zero-order chi connectivity index (χ0) is 9.30. The van der Waals surface area contributed by atoms with E-state index in [1.54, 1.807) is 0 Å². The monoisotopic (exact) mass is 234 g/mol. The van der Waals surface area contributed by atoms with Crippen LogP contribution in [0, 0.1) is 15.9 Å². The van der Waals surface area contributed by atoms with Crippen LogP contribution >= 0.6 is 15.9 Å². The van der Waals surface area contributed by atoms with Gasteiger partial charge in [0.05, 0.1) is 10.6 Å². The van der Waals surface area contributed by atoms with E-state index in [2.05, 4.69) is 15.9 Å². The predicted molar refractivity (Wildman–Crippen MR) is 45.2 cm³/mol. The summed E-state index contributed by atoms with van der Waals surface area (Å²) in [6.07, 6.45) is 0. The van der Waals surface area contributed by atoms with Crippen molar-refractivity contribution >= 4 is 27.3 Å². The van der Waals surface area contributed by atoms with Crippen LogP contribution in [0.4, 0.5) is 15.8 Å². The van der Waals surface area contributed by atoms with Crippen molar-refractivity contribution in [3.05, 3.63) is 32.5 Å². The van der Waals surface area contributed by atoms with Gasteiger partial charge in [-0.2, -0.15) is 4.39 Å². The Morgan fingerprint density at radius 2 is 2.17 bits per heavy atom. The standard InChI is InChI=1S/C6H4BrFN2O2/c7-3-1-4(9)6(8)5(2-3)10(11)12/h1-2H,9H2. The van der Waals surface area contributed by atoms with E-state index < -0.39 is 16.4 Å². The Labute approximate surface area is 75.5 Å². The third-order valence-electron chi connectivity index (χ3n) is 1.24. The highest BCUT2D eigenvalue weighted by Gasteiger charge is 2.17. The van der Waals surface area contributed by atoms with Gasteiger partial charge < -0.3 is 5.73 Å². The summed E-state index contributed by atoms with van der Waals surface area (Å²) >= 11 is 2.96. The number of nitro groups is 1. The third-order valence-corrected chi connectivity index (χ3v) is 1.70. The molecule has 0 fully saturated rings. The van der Waals surface area contributed by atoms with Crippen molar-refractivity contribution in [1.29, 1.82) is 0 Å². The van der Waals surface area contributed by atoms with Gasteiger partial charge in [0.15, 0.2) is 0 Å². The summed E-state index contributed by atoms with van der Waals surface area (Å²) < 4.78 is 13.2. The van der Waals surface area contributed by atoms with Gasteiger partial charge in [0, 0.05) is 10.5 Å². The van der Waals surface area contributed by atoms with E-state index in [9.17, 15) is 14.5 Å². The number of halogens is 2. The number of nitrogen functional groups attached to an aromatic ring is 1. The zero-order valence-corrected chi connectivity index (χ0v) is 7.34. The normalized spacial score (nSPS) is 9.83. The highest BCUT2D eigenvalue weighted by atomic mass is 79.9. The molecule has 0 atom stereocenters. The Bertz CT molecular complexity index is 343. The van der Waals surface area contributed by atoms with E-state index >= 15 is 0 Å². The number of hydrogen-bond acceptors (Lipinski definition) is 3. The summed E-state index contributed by atoms with van der Waals surface area (Å²) in [7, 11) is 0. The number of nitrogens with two attached hydrogens (primary N) is 1. The molecule has 0 aliphatic carbocycles. The number of benzene rings is 1. The van der Waals surface area contributed by atoms with E-state index in [-0.39, 0.29) is 5.69 Å². The molecule has 1 aromatic rings. The van der Waals surface area contributed by atoms with Gasteiger partial charge in [-0.05, 0) is 6.07 Å². The third kappa shape index (κ3) is 1.53. The lowest BCUT2D eigenvalue weighted by molar-refractivity contribution is -0.387. The van der Waals surface area contributed by atoms with Crippen LogP contribution in [0.3, 0.4) is 0 Å². The summed E-state index contributed by atoms with van der Waals surface area (Å²) in [6.45, 7) is 0. The van der Waals surface area contributed by atoms with E-state index in [0.717, 1.165) is 6.07 Å². The van der Waals surface area contributed by atoms with Crippen LogP contribution in [0.15, 0.2) is 16.6 Å². The first kappa shape index (κ1) is 8.92. The van der Waals surface area contributed by atoms with Gasteiger partial charge >= 0.3 is 5.69 Å². The van der Waals surface area contributed by atoms with Gasteiger partial charge in [-0.15, -0.1) is 0 Å². The van der Waals surface area contributed by atoms with Crippen LogP contribution in [0.25, 0.3) is 0 Å². The molecule has 0 heterocycles. The number of nitro benzene ring substituents is 1. The number of rotatable bonds is 1. The molecule has 0 amide bonds. The van der Waals surface area contributed by atoms with E-state index in [1.807, 2.05) is 0 Å². The van der Waals surface area contributed by atoms with E-state index in [1.165, 1.54) is 6.07 Å².